The first kappa shape index (κ1) is 10.3. The number of aromatic nitrogens is 1. The van der Waals surface area contributed by atoms with Crippen molar-refractivity contribution in [3.05, 3.63) is 39.8 Å². The van der Waals surface area contributed by atoms with Gasteiger partial charge in [-0.25, -0.2) is 9.78 Å². The van der Waals surface area contributed by atoms with Gasteiger partial charge >= 0.3 is 5.97 Å². The SMILES string of the molecule is O=C(O)c1csc(-c2ccc(Br)cc2)n1. The van der Waals surface area contributed by atoms with Crippen molar-refractivity contribution in [1.82, 2.24) is 4.98 Å². The zero-order chi connectivity index (χ0) is 10.8. The Balaban J connectivity index is 2.37. The third-order valence-corrected chi connectivity index (χ3v) is 3.23. The van der Waals surface area contributed by atoms with E-state index in [1.54, 1.807) is 5.38 Å². The predicted molar refractivity (Wildman–Crippen MR) is 62.2 cm³/mol. The van der Waals surface area contributed by atoms with E-state index in [4.69, 9.17) is 5.11 Å². The molecule has 2 rings (SSSR count). The Hall–Kier alpha value is -1.20. The van der Waals surface area contributed by atoms with Crippen LogP contribution >= 0.6 is 27.3 Å². The number of hydrogen-bond acceptors (Lipinski definition) is 3. The standard InChI is InChI=1S/C10H6BrNO2S/c11-7-3-1-6(2-4-7)9-12-8(5-15-9)10(13)14/h1-5H,(H,13,14). The molecule has 0 radical (unpaired) electrons. The van der Waals surface area contributed by atoms with Gasteiger partial charge in [0.05, 0.1) is 0 Å². The van der Waals surface area contributed by atoms with Crippen LogP contribution in [0.3, 0.4) is 0 Å². The largest absolute Gasteiger partial charge is 0.476 e. The molecule has 0 aliphatic rings. The Morgan fingerprint density at radius 2 is 2.00 bits per heavy atom. The molecule has 15 heavy (non-hydrogen) atoms. The third-order valence-electron chi connectivity index (χ3n) is 1.81. The summed E-state index contributed by atoms with van der Waals surface area (Å²) in [4.78, 5) is 14.6. The number of nitrogens with zero attached hydrogens (tertiary/aromatic N) is 1. The lowest BCUT2D eigenvalue weighted by Crippen LogP contribution is -1.95. The average molecular weight is 284 g/mol. The second-order valence-corrected chi connectivity index (χ2v) is 4.62. The first-order chi connectivity index (χ1) is 7.16. The Kier molecular flexibility index (Phi) is 2.83. The van der Waals surface area contributed by atoms with E-state index < -0.39 is 5.97 Å². The molecular weight excluding hydrogens is 278 g/mol. The van der Waals surface area contributed by atoms with Crippen LogP contribution in [0.25, 0.3) is 10.6 Å². The highest BCUT2D eigenvalue weighted by Gasteiger charge is 2.09. The number of carboxylic acids is 1. The number of carbonyl (C=O) groups is 1. The van der Waals surface area contributed by atoms with Gasteiger partial charge in [0, 0.05) is 15.4 Å². The van der Waals surface area contributed by atoms with E-state index in [1.165, 1.54) is 11.3 Å². The molecule has 0 fully saturated rings. The highest BCUT2D eigenvalue weighted by Crippen LogP contribution is 2.25. The van der Waals surface area contributed by atoms with E-state index in [0.717, 1.165) is 15.0 Å². The molecular formula is C10H6BrNO2S. The number of aromatic carboxylic acids is 1. The molecule has 0 aliphatic heterocycles. The van der Waals surface area contributed by atoms with Crippen molar-refractivity contribution < 1.29 is 9.90 Å². The van der Waals surface area contributed by atoms with Gasteiger partial charge in [-0.15, -0.1) is 11.3 Å². The van der Waals surface area contributed by atoms with Crippen LogP contribution in [-0.2, 0) is 0 Å². The van der Waals surface area contributed by atoms with Crippen molar-refractivity contribution in [3.63, 3.8) is 0 Å². The summed E-state index contributed by atoms with van der Waals surface area (Å²) >= 11 is 4.66. The summed E-state index contributed by atoms with van der Waals surface area (Å²) in [6.45, 7) is 0. The molecule has 0 unspecified atom stereocenters. The van der Waals surface area contributed by atoms with Crippen LogP contribution in [0.5, 0.6) is 0 Å². The molecule has 0 amide bonds. The molecule has 0 atom stereocenters. The quantitative estimate of drug-likeness (QED) is 0.920. The number of benzene rings is 1. The van der Waals surface area contributed by atoms with Gasteiger partial charge in [-0.1, -0.05) is 28.1 Å². The van der Waals surface area contributed by atoms with E-state index in [0.29, 0.717) is 0 Å². The molecule has 1 N–H and O–H groups in total. The van der Waals surface area contributed by atoms with Gasteiger partial charge in [0.1, 0.15) is 5.01 Å². The molecule has 5 heteroatoms. The van der Waals surface area contributed by atoms with Crippen molar-refractivity contribution in [2.45, 2.75) is 0 Å². The lowest BCUT2D eigenvalue weighted by molar-refractivity contribution is 0.0691. The highest BCUT2D eigenvalue weighted by atomic mass is 79.9. The molecule has 0 spiro atoms. The minimum atomic E-state index is -0.991. The summed E-state index contributed by atoms with van der Waals surface area (Å²) in [6.07, 6.45) is 0. The van der Waals surface area contributed by atoms with Crippen molar-refractivity contribution in [2.24, 2.45) is 0 Å². The lowest BCUT2D eigenvalue weighted by atomic mass is 10.2. The molecule has 1 aromatic carbocycles. The van der Waals surface area contributed by atoms with Gasteiger partial charge in [0.25, 0.3) is 0 Å². The molecule has 76 valence electrons. The fourth-order valence-corrected chi connectivity index (χ4v) is 2.16. The van der Waals surface area contributed by atoms with Gasteiger partial charge in [-0.2, -0.15) is 0 Å². The Morgan fingerprint density at radius 1 is 1.33 bits per heavy atom. The van der Waals surface area contributed by atoms with Gasteiger partial charge in [0.2, 0.25) is 0 Å². The van der Waals surface area contributed by atoms with Gasteiger partial charge in [0.15, 0.2) is 5.69 Å². The van der Waals surface area contributed by atoms with E-state index in [9.17, 15) is 4.79 Å². The van der Waals surface area contributed by atoms with Gasteiger partial charge in [-0.05, 0) is 12.1 Å². The Morgan fingerprint density at radius 3 is 2.53 bits per heavy atom. The van der Waals surface area contributed by atoms with Crippen LogP contribution in [0, 0.1) is 0 Å². The van der Waals surface area contributed by atoms with Crippen LogP contribution in [0.1, 0.15) is 10.5 Å². The summed E-state index contributed by atoms with van der Waals surface area (Å²) in [5, 5.41) is 11.0. The average Bonchev–Trinajstić information content (AvgIpc) is 2.68. The number of rotatable bonds is 2. The number of carboxylic acid groups (broad SMARTS) is 1. The summed E-state index contributed by atoms with van der Waals surface area (Å²) in [6, 6.07) is 7.59. The maximum absolute atomic E-state index is 10.6. The van der Waals surface area contributed by atoms with Gasteiger partial charge < -0.3 is 5.11 Å². The molecule has 1 aromatic heterocycles. The van der Waals surface area contributed by atoms with Crippen molar-refractivity contribution in [2.75, 3.05) is 0 Å². The van der Waals surface area contributed by atoms with Crippen LogP contribution in [0.4, 0.5) is 0 Å². The van der Waals surface area contributed by atoms with Crippen molar-refractivity contribution in [3.8, 4) is 10.6 Å². The molecule has 1 heterocycles. The molecule has 0 saturated heterocycles. The molecule has 0 aliphatic carbocycles. The monoisotopic (exact) mass is 283 g/mol. The number of hydrogen-bond donors (Lipinski definition) is 1. The Labute approximate surface area is 98.5 Å². The second-order valence-electron chi connectivity index (χ2n) is 2.85. The third kappa shape index (κ3) is 2.24. The second kappa shape index (κ2) is 4.12. The maximum Gasteiger partial charge on any atom is 0.355 e. The van der Waals surface area contributed by atoms with E-state index in [2.05, 4.69) is 20.9 Å². The van der Waals surface area contributed by atoms with Crippen LogP contribution in [0.15, 0.2) is 34.1 Å². The number of halogens is 1. The van der Waals surface area contributed by atoms with E-state index in [-0.39, 0.29) is 5.69 Å². The summed E-state index contributed by atoms with van der Waals surface area (Å²) < 4.78 is 0.987. The van der Waals surface area contributed by atoms with Crippen molar-refractivity contribution >= 4 is 33.2 Å². The topological polar surface area (TPSA) is 50.2 Å². The van der Waals surface area contributed by atoms with Crippen molar-refractivity contribution in [1.29, 1.82) is 0 Å². The zero-order valence-electron chi connectivity index (χ0n) is 7.48. The van der Waals surface area contributed by atoms with E-state index >= 15 is 0 Å². The summed E-state index contributed by atoms with van der Waals surface area (Å²) in [5.74, 6) is -0.991. The maximum atomic E-state index is 10.6. The molecule has 2 aromatic rings. The first-order valence-corrected chi connectivity index (χ1v) is 5.79. The number of thiazole rings is 1. The first-order valence-electron chi connectivity index (χ1n) is 4.11. The summed E-state index contributed by atoms with van der Waals surface area (Å²) in [5.41, 5.74) is 1.02. The highest BCUT2D eigenvalue weighted by molar-refractivity contribution is 9.10. The van der Waals surface area contributed by atoms with Gasteiger partial charge in [-0.3, -0.25) is 0 Å². The smallest absolute Gasteiger partial charge is 0.355 e. The fraction of sp³-hybridized carbons (Fsp3) is 0. The molecule has 0 bridgehead atoms. The fourth-order valence-electron chi connectivity index (χ4n) is 1.10. The minimum Gasteiger partial charge on any atom is -0.476 e. The predicted octanol–water partition coefficient (Wildman–Crippen LogP) is 3.27. The zero-order valence-corrected chi connectivity index (χ0v) is 9.88. The summed E-state index contributed by atoms with van der Waals surface area (Å²) in [7, 11) is 0. The lowest BCUT2D eigenvalue weighted by Gasteiger charge is -1.95. The Bertz CT molecular complexity index is 492. The molecule has 3 nitrogen and oxygen atoms in total. The van der Waals surface area contributed by atoms with Crippen LogP contribution in [0.2, 0.25) is 0 Å². The molecule has 0 saturated carbocycles. The van der Waals surface area contributed by atoms with E-state index in [1.807, 2.05) is 24.3 Å². The van der Waals surface area contributed by atoms with Crippen LogP contribution < -0.4 is 0 Å². The van der Waals surface area contributed by atoms with Crippen LogP contribution in [-0.4, -0.2) is 16.1 Å². The minimum absolute atomic E-state index is 0.0953. The normalized spacial score (nSPS) is 10.2.